The number of anilines is 1. The van der Waals surface area contributed by atoms with Gasteiger partial charge in [-0.3, -0.25) is 0 Å². The molecule has 0 bridgehead atoms. The lowest BCUT2D eigenvalue weighted by molar-refractivity contribution is 0.0597. The molecule has 2 aromatic carbocycles. The fourth-order valence-corrected chi connectivity index (χ4v) is 2.50. The van der Waals surface area contributed by atoms with Gasteiger partial charge in [-0.15, -0.1) is 0 Å². The van der Waals surface area contributed by atoms with Crippen LogP contribution < -0.4 is 20.1 Å². The van der Waals surface area contributed by atoms with Crippen LogP contribution in [0.4, 0.5) is 10.5 Å². The second kappa shape index (κ2) is 6.59. The lowest BCUT2D eigenvalue weighted by atomic mass is 9.95. The molecule has 3 rings (SSSR count). The second-order valence-electron chi connectivity index (χ2n) is 5.63. The summed E-state index contributed by atoms with van der Waals surface area (Å²) in [5.74, 6) is 1.22. The van der Waals surface area contributed by atoms with Gasteiger partial charge in [0, 0.05) is 0 Å². The Morgan fingerprint density at radius 1 is 1.25 bits per heavy atom. The number of amides is 2. The highest BCUT2D eigenvalue weighted by atomic mass is 35.5. The molecule has 0 saturated carbocycles. The maximum atomic E-state index is 12.0. The van der Waals surface area contributed by atoms with Crippen LogP contribution in [0.3, 0.4) is 0 Å². The van der Waals surface area contributed by atoms with Crippen LogP contribution in [0, 0.1) is 0 Å². The topological polar surface area (TPSA) is 79.8 Å². The molecule has 1 atom stereocenters. The Hall–Kier alpha value is -2.44. The van der Waals surface area contributed by atoms with E-state index < -0.39 is 11.6 Å². The number of fused-ring (bicyclic) bond motifs is 1. The molecule has 0 saturated heterocycles. The van der Waals surface area contributed by atoms with Gasteiger partial charge in [-0.2, -0.15) is 0 Å². The van der Waals surface area contributed by atoms with Crippen molar-refractivity contribution >= 4 is 23.3 Å². The second-order valence-corrected chi connectivity index (χ2v) is 6.04. The van der Waals surface area contributed by atoms with Crippen LogP contribution in [-0.4, -0.2) is 24.5 Å². The monoisotopic (exact) mass is 348 g/mol. The van der Waals surface area contributed by atoms with E-state index in [0.29, 0.717) is 27.8 Å². The maximum Gasteiger partial charge on any atom is 0.319 e. The van der Waals surface area contributed by atoms with E-state index in [1.165, 1.54) is 0 Å². The summed E-state index contributed by atoms with van der Waals surface area (Å²) in [7, 11) is 0. The third kappa shape index (κ3) is 3.55. The van der Waals surface area contributed by atoms with Crippen molar-refractivity contribution in [2.45, 2.75) is 12.5 Å². The fourth-order valence-electron chi connectivity index (χ4n) is 2.32. The van der Waals surface area contributed by atoms with Crippen LogP contribution in [0.5, 0.6) is 11.5 Å². The van der Waals surface area contributed by atoms with Gasteiger partial charge < -0.3 is 25.2 Å². The first kappa shape index (κ1) is 16.4. The van der Waals surface area contributed by atoms with Crippen LogP contribution >= 0.6 is 11.6 Å². The lowest BCUT2D eigenvalue weighted by Crippen LogP contribution is -2.40. The normalized spacial score (nSPS) is 14.8. The smallest absolute Gasteiger partial charge is 0.319 e. The minimum Gasteiger partial charge on any atom is -0.454 e. The largest absolute Gasteiger partial charge is 0.454 e. The van der Waals surface area contributed by atoms with Crippen molar-refractivity contribution in [3.8, 4) is 11.5 Å². The van der Waals surface area contributed by atoms with Crippen molar-refractivity contribution < 1.29 is 19.4 Å². The number of urea groups is 1. The zero-order valence-electron chi connectivity index (χ0n) is 13.0. The molecular formula is C17H17ClN2O4. The summed E-state index contributed by atoms with van der Waals surface area (Å²) in [6.45, 7) is 1.79. The average molecular weight is 349 g/mol. The number of hydrogen-bond donors (Lipinski definition) is 3. The van der Waals surface area contributed by atoms with E-state index >= 15 is 0 Å². The summed E-state index contributed by atoms with van der Waals surface area (Å²) in [6, 6.07) is 11.6. The highest BCUT2D eigenvalue weighted by Gasteiger charge is 2.26. The first-order valence-electron chi connectivity index (χ1n) is 7.37. The van der Waals surface area contributed by atoms with Gasteiger partial charge in [0.25, 0.3) is 0 Å². The standard InChI is InChI=1S/C17H17ClN2O4/c1-17(22,11-6-7-14-15(8-11)24-10-23-14)9-19-16(21)20-13-5-3-2-4-12(13)18/h2-8,22H,9-10H2,1H3,(H2,19,20,21). The zero-order valence-corrected chi connectivity index (χ0v) is 13.8. The molecule has 0 aromatic heterocycles. The van der Waals surface area contributed by atoms with Crippen molar-refractivity contribution in [2.24, 2.45) is 0 Å². The molecule has 1 heterocycles. The predicted molar refractivity (Wildman–Crippen MR) is 90.6 cm³/mol. The SMILES string of the molecule is CC(O)(CNC(=O)Nc1ccccc1Cl)c1ccc2c(c1)OCO2. The van der Waals surface area contributed by atoms with Gasteiger partial charge in [-0.1, -0.05) is 29.8 Å². The molecule has 0 spiro atoms. The Bertz CT molecular complexity index is 764. The third-order valence-corrected chi connectivity index (χ3v) is 4.04. The molecule has 2 amide bonds. The quantitative estimate of drug-likeness (QED) is 0.793. The predicted octanol–water partition coefficient (Wildman–Crippen LogP) is 3.10. The van der Waals surface area contributed by atoms with Crippen molar-refractivity contribution in [2.75, 3.05) is 18.7 Å². The Kier molecular flexibility index (Phi) is 4.51. The van der Waals surface area contributed by atoms with Gasteiger partial charge >= 0.3 is 6.03 Å². The van der Waals surface area contributed by atoms with Gasteiger partial charge in [0.05, 0.1) is 17.3 Å². The number of ether oxygens (including phenoxy) is 2. The number of halogens is 1. The van der Waals surface area contributed by atoms with Crippen LogP contribution in [-0.2, 0) is 5.60 Å². The Morgan fingerprint density at radius 2 is 2.00 bits per heavy atom. The van der Waals surface area contributed by atoms with E-state index in [1.807, 2.05) is 0 Å². The summed E-state index contributed by atoms with van der Waals surface area (Å²) in [5, 5.41) is 16.3. The van der Waals surface area contributed by atoms with Crippen molar-refractivity contribution in [1.29, 1.82) is 0 Å². The maximum absolute atomic E-state index is 12.0. The van der Waals surface area contributed by atoms with Crippen molar-refractivity contribution in [3.63, 3.8) is 0 Å². The minimum absolute atomic E-state index is 0.0168. The van der Waals surface area contributed by atoms with Gasteiger partial charge in [-0.05, 0) is 36.8 Å². The van der Waals surface area contributed by atoms with E-state index in [-0.39, 0.29) is 13.3 Å². The summed E-state index contributed by atoms with van der Waals surface area (Å²) in [4.78, 5) is 12.0. The molecule has 7 heteroatoms. The molecule has 6 nitrogen and oxygen atoms in total. The molecule has 1 aliphatic rings. The number of hydrogen-bond acceptors (Lipinski definition) is 4. The van der Waals surface area contributed by atoms with Crippen molar-refractivity contribution in [1.82, 2.24) is 5.32 Å². The van der Waals surface area contributed by atoms with Gasteiger partial charge in [0.15, 0.2) is 11.5 Å². The van der Waals surface area contributed by atoms with E-state index in [2.05, 4.69) is 10.6 Å². The van der Waals surface area contributed by atoms with Crippen LogP contribution in [0.1, 0.15) is 12.5 Å². The molecule has 1 aliphatic heterocycles. The highest BCUT2D eigenvalue weighted by Crippen LogP contribution is 2.35. The van der Waals surface area contributed by atoms with Gasteiger partial charge in [-0.25, -0.2) is 4.79 Å². The number of carbonyl (C=O) groups is 1. The minimum atomic E-state index is -1.27. The number of aliphatic hydroxyl groups is 1. The molecule has 2 aromatic rings. The molecule has 0 radical (unpaired) electrons. The third-order valence-electron chi connectivity index (χ3n) is 3.71. The van der Waals surface area contributed by atoms with E-state index in [0.717, 1.165) is 0 Å². The molecule has 0 fully saturated rings. The average Bonchev–Trinajstić information content (AvgIpc) is 3.03. The highest BCUT2D eigenvalue weighted by molar-refractivity contribution is 6.33. The van der Waals surface area contributed by atoms with Crippen LogP contribution in [0.25, 0.3) is 0 Å². The summed E-state index contributed by atoms with van der Waals surface area (Å²) < 4.78 is 10.6. The van der Waals surface area contributed by atoms with Crippen LogP contribution in [0.2, 0.25) is 5.02 Å². The molecule has 3 N–H and O–H groups in total. The molecule has 24 heavy (non-hydrogen) atoms. The number of nitrogens with one attached hydrogen (secondary N) is 2. The first-order valence-corrected chi connectivity index (χ1v) is 7.75. The number of carbonyl (C=O) groups excluding carboxylic acids is 1. The summed E-state index contributed by atoms with van der Waals surface area (Å²) in [6.07, 6.45) is 0. The van der Waals surface area contributed by atoms with E-state index in [1.54, 1.807) is 49.4 Å². The van der Waals surface area contributed by atoms with E-state index in [4.69, 9.17) is 21.1 Å². The van der Waals surface area contributed by atoms with Crippen molar-refractivity contribution in [3.05, 3.63) is 53.1 Å². The molecular weight excluding hydrogens is 332 g/mol. The molecule has 0 aliphatic carbocycles. The number of rotatable bonds is 4. The van der Waals surface area contributed by atoms with Gasteiger partial charge in [0.1, 0.15) is 5.60 Å². The Labute approximate surface area is 144 Å². The summed E-state index contributed by atoms with van der Waals surface area (Å²) in [5.41, 5.74) is -0.150. The Balaban J connectivity index is 1.62. The van der Waals surface area contributed by atoms with Gasteiger partial charge in [0.2, 0.25) is 6.79 Å². The molecule has 1 unspecified atom stereocenters. The fraction of sp³-hybridized carbons (Fsp3) is 0.235. The Morgan fingerprint density at radius 3 is 2.79 bits per heavy atom. The lowest BCUT2D eigenvalue weighted by Gasteiger charge is -2.24. The van der Waals surface area contributed by atoms with E-state index in [9.17, 15) is 9.90 Å². The molecule has 126 valence electrons. The van der Waals surface area contributed by atoms with Crippen LogP contribution in [0.15, 0.2) is 42.5 Å². The summed E-state index contributed by atoms with van der Waals surface area (Å²) >= 11 is 5.99. The zero-order chi connectivity index (χ0) is 17.2. The number of benzene rings is 2. The number of para-hydroxylation sites is 1. The first-order chi connectivity index (χ1) is 11.5.